The Bertz CT molecular complexity index is 781. The van der Waals surface area contributed by atoms with Gasteiger partial charge in [-0.25, -0.2) is 9.37 Å². The molecule has 6 heteroatoms. The number of aromatic nitrogens is 1. The van der Waals surface area contributed by atoms with Crippen molar-refractivity contribution >= 4 is 22.9 Å². The Morgan fingerprint density at radius 2 is 2.24 bits per heavy atom. The highest BCUT2D eigenvalue weighted by Crippen LogP contribution is 2.28. The van der Waals surface area contributed by atoms with E-state index in [4.69, 9.17) is 4.42 Å². The molecule has 1 amide bonds. The highest BCUT2D eigenvalue weighted by Gasteiger charge is 2.19. The van der Waals surface area contributed by atoms with E-state index in [1.807, 2.05) is 17.5 Å². The number of aryl methyl sites for hydroxylation is 1. The first kappa shape index (κ1) is 13.5. The van der Waals surface area contributed by atoms with Crippen molar-refractivity contribution in [2.75, 3.05) is 5.32 Å². The Morgan fingerprint density at radius 3 is 2.95 bits per heavy atom. The SMILES string of the molecule is Cc1ccc(NC(=O)c2ncoc2-c2cccs2)cc1F. The molecule has 0 saturated carbocycles. The molecule has 0 radical (unpaired) electrons. The molecule has 0 aliphatic heterocycles. The molecule has 0 fully saturated rings. The number of hydrogen-bond acceptors (Lipinski definition) is 4. The normalized spacial score (nSPS) is 10.6. The number of benzene rings is 1. The van der Waals surface area contributed by atoms with Crippen molar-refractivity contribution < 1.29 is 13.6 Å². The zero-order valence-corrected chi connectivity index (χ0v) is 11.9. The van der Waals surface area contributed by atoms with E-state index in [0.29, 0.717) is 17.0 Å². The van der Waals surface area contributed by atoms with Crippen LogP contribution >= 0.6 is 11.3 Å². The van der Waals surface area contributed by atoms with Crippen LogP contribution in [0.5, 0.6) is 0 Å². The van der Waals surface area contributed by atoms with E-state index in [9.17, 15) is 9.18 Å². The third-order valence-corrected chi connectivity index (χ3v) is 3.83. The number of halogens is 1. The number of thiophene rings is 1. The molecule has 1 aromatic carbocycles. The van der Waals surface area contributed by atoms with Crippen LogP contribution in [0.15, 0.2) is 46.5 Å². The largest absolute Gasteiger partial charge is 0.442 e. The number of carbonyl (C=O) groups is 1. The van der Waals surface area contributed by atoms with Gasteiger partial charge in [0.1, 0.15) is 5.82 Å². The average molecular weight is 302 g/mol. The van der Waals surface area contributed by atoms with Crippen LogP contribution in [0.2, 0.25) is 0 Å². The number of nitrogens with one attached hydrogen (secondary N) is 1. The molecule has 0 aliphatic rings. The topological polar surface area (TPSA) is 55.1 Å². The average Bonchev–Trinajstić information content (AvgIpc) is 3.12. The number of carbonyl (C=O) groups excluding carboxylic acids is 1. The van der Waals surface area contributed by atoms with Gasteiger partial charge in [-0.1, -0.05) is 12.1 Å². The third kappa shape index (κ3) is 2.71. The van der Waals surface area contributed by atoms with Gasteiger partial charge in [-0.05, 0) is 36.1 Å². The second-order valence-electron chi connectivity index (χ2n) is 4.43. The Morgan fingerprint density at radius 1 is 1.38 bits per heavy atom. The second kappa shape index (κ2) is 5.49. The lowest BCUT2D eigenvalue weighted by Gasteiger charge is -2.05. The quantitative estimate of drug-likeness (QED) is 0.792. The molecule has 2 heterocycles. The zero-order valence-electron chi connectivity index (χ0n) is 11.1. The summed E-state index contributed by atoms with van der Waals surface area (Å²) in [7, 11) is 0. The van der Waals surface area contributed by atoms with Gasteiger partial charge < -0.3 is 9.73 Å². The fourth-order valence-corrected chi connectivity index (χ4v) is 2.56. The monoisotopic (exact) mass is 302 g/mol. The summed E-state index contributed by atoms with van der Waals surface area (Å²) in [6.07, 6.45) is 1.22. The fourth-order valence-electron chi connectivity index (χ4n) is 1.85. The lowest BCUT2D eigenvalue weighted by molar-refractivity contribution is 0.102. The minimum atomic E-state index is -0.435. The lowest BCUT2D eigenvalue weighted by atomic mass is 10.2. The van der Waals surface area contributed by atoms with Gasteiger partial charge in [0.25, 0.3) is 5.91 Å². The Kier molecular flexibility index (Phi) is 3.53. The van der Waals surface area contributed by atoms with Crippen LogP contribution in [0.25, 0.3) is 10.6 Å². The summed E-state index contributed by atoms with van der Waals surface area (Å²) in [5, 5.41) is 4.50. The summed E-state index contributed by atoms with van der Waals surface area (Å²) >= 11 is 1.45. The van der Waals surface area contributed by atoms with Gasteiger partial charge in [0, 0.05) is 5.69 Å². The molecule has 21 heavy (non-hydrogen) atoms. The van der Waals surface area contributed by atoms with Crippen molar-refractivity contribution in [1.29, 1.82) is 0 Å². The third-order valence-electron chi connectivity index (χ3n) is 2.96. The van der Waals surface area contributed by atoms with Crippen molar-refractivity contribution in [3.05, 3.63) is 59.2 Å². The highest BCUT2D eigenvalue weighted by molar-refractivity contribution is 7.13. The summed E-state index contributed by atoms with van der Waals surface area (Å²) in [6.45, 7) is 1.66. The van der Waals surface area contributed by atoms with E-state index in [1.54, 1.807) is 19.1 Å². The summed E-state index contributed by atoms with van der Waals surface area (Å²) in [4.78, 5) is 17.0. The van der Waals surface area contributed by atoms with Crippen LogP contribution in [0.4, 0.5) is 10.1 Å². The maximum Gasteiger partial charge on any atom is 0.278 e. The number of nitrogens with zero attached hydrogens (tertiary/aromatic N) is 1. The molecule has 0 spiro atoms. The van der Waals surface area contributed by atoms with Crippen molar-refractivity contribution in [2.45, 2.75) is 6.92 Å². The lowest BCUT2D eigenvalue weighted by Crippen LogP contribution is -2.13. The summed E-state index contributed by atoms with van der Waals surface area (Å²) in [5.74, 6) is -0.392. The van der Waals surface area contributed by atoms with Crippen molar-refractivity contribution in [2.24, 2.45) is 0 Å². The molecule has 0 unspecified atom stereocenters. The van der Waals surface area contributed by atoms with Crippen molar-refractivity contribution in [1.82, 2.24) is 4.98 Å². The van der Waals surface area contributed by atoms with Crippen LogP contribution < -0.4 is 5.32 Å². The smallest absolute Gasteiger partial charge is 0.278 e. The van der Waals surface area contributed by atoms with Crippen molar-refractivity contribution in [3.63, 3.8) is 0 Å². The summed E-state index contributed by atoms with van der Waals surface area (Å²) in [6, 6.07) is 8.22. The standard InChI is InChI=1S/C15H11FN2O2S/c1-9-4-5-10(7-11(9)16)18-15(19)13-14(20-8-17-13)12-3-2-6-21-12/h2-8H,1H3,(H,18,19). The van der Waals surface area contributed by atoms with Crippen LogP contribution in [-0.4, -0.2) is 10.9 Å². The molecule has 106 valence electrons. The first-order valence-electron chi connectivity index (χ1n) is 6.20. The first-order chi connectivity index (χ1) is 10.1. The van der Waals surface area contributed by atoms with Gasteiger partial charge in [0.15, 0.2) is 17.8 Å². The van der Waals surface area contributed by atoms with Gasteiger partial charge in [-0.15, -0.1) is 11.3 Å². The zero-order chi connectivity index (χ0) is 14.8. The minimum Gasteiger partial charge on any atom is -0.442 e. The summed E-state index contributed by atoms with van der Waals surface area (Å²) in [5.41, 5.74) is 1.08. The van der Waals surface area contributed by atoms with Gasteiger partial charge in [0.05, 0.1) is 4.88 Å². The Balaban J connectivity index is 1.86. The molecule has 3 rings (SSSR count). The van der Waals surface area contributed by atoms with Crippen LogP contribution in [-0.2, 0) is 0 Å². The molecule has 4 nitrogen and oxygen atoms in total. The maximum atomic E-state index is 13.5. The van der Waals surface area contributed by atoms with E-state index in [0.717, 1.165) is 4.88 Å². The molecule has 1 N–H and O–H groups in total. The minimum absolute atomic E-state index is 0.179. The number of hydrogen-bond donors (Lipinski definition) is 1. The molecule has 0 saturated heterocycles. The molecule has 2 aromatic heterocycles. The van der Waals surface area contributed by atoms with Gasteiger partial charge in [0.2, 0.25) is 0 Å². The molecular weight excluding hydrogens is 291 g/mol. The van der Waals surface area contributed by atoms with E-state index < -0.39 is 5.91 Å². The number of amides is 1. The predicted molar refractivity (Wildman–Crippen MR) is 78.9 cm³/mol. The van der Waals surface area contributed by atoms with Gasteiger partial charge >= 0.3 is 0 Å². The Labute approximate surface area is 124 Å². The summed E-state index contributed by atoms with van der Waals surface area (Å²) < 4.78 is 18.8. The number of anilines is 1. The van der Waals surface area contributed by atoms with E-state index in [-0.39, 0.29) is 11.5 Å². The second-order valence-corrected chi connectivity index (χ2v) is 5.37. The molecule has 0 atom stereocenters. The van der Waals surface area contributed by atoms with Crippen molar-refractivity contribution in [3.8, 4) is 10.6 Å². The first-order valence-corrected chi connectivity index (χ1v) is 7.08. The van der Waals surface area contributed by atoms with E-state index in [2.05, 4.69) is 10.3 Å². The van der Waals surface area contributed by atoms with Crippen LogP contribution in [0, 0.1) is 12.7 Å². The molecule has 3 aromatic rings. The molecule has 0 aliphatic carbocycles. The Hall–Kier alpha value is -2.47. The molecular formula is C15H11FN2O2S. The van der Waals surface area contributed by atoms with Gasteiger partial charge in [-0.3, -0.25) is 4.79 Å². The molecule has 0 bridgehead atoms. The number of rotatable bonds is 3. The maximum absolute atomic E-state index is 13.5. The van der Waals surface area contributed by atoms with E-state index >= 15 is 0 Å². The van der Waals surface area contributed by atoms with Crippen LogP contribution in [0.3, 0.4) is 0 Å². The van der Waals surface area contributed by atoms with Gasteiger partial charge in [-0.2, -0.15) is 0 Å². The highest BCUT2D eigenvalue weighted by atomic mass is 32.1. The van der Waals surface area contributed by atoms with Crippen LogP contribution in [0.1, 0.15) is 16.1 Å². The number of oxazole rings is 1. The van der Waals surface area contributed by atoms with E-state index in [1.165, 1.54) is 23.8 Å². The fraction of sp³-hybridized carbons (Fsp3) is 0.0667. The predicted octanol–water partition coefficient (Wildman–Crippen LogP) is 4.10.